The predicted octanol–water partition coefficient (Wildman–Crippen LogP) is 7.33. The van der Waals surface area contributed by atoms with Gasteiger partial charge in [-0.05, 0) is 99.2 Å². The zero-order chi connectivity index (χ0) is 18.9. The van der Waals surface area contributed by atoms with Crippen molar-refractivity contribution < 1.29 is 4.39 Å². The number of hydrogen-bond acceptors (Lipinski definition) is 1. The molecule has 1 aromatic rings. The van der Waals surface area contributed by atoms with Gasteiger partial charge in [-0.15, -0.1) is 0 Å². The third kappa shape index (κ3) is 6.20. The lowest BCUT2D eigenvalue weighted by atomic mass is 9.74. The molecular formula is C25H34FN. The standard InChI is InChI=1S/C25H34FN/c26-18-2-1-3-20-4-6-21(7-5-20)8-9-22-10-14-24(15-11-22)25-16-12-23(19-27)13-17-25/h1,3,12-13,16-17,20-22,24H,2,4-11,14-15,18H2/b3-1+. The lowest BCUT2D eigenvalue weighted by Crippen LogP contribution is -2.17. The summed E-state index contributed by atoms with van der Waals surface area (Å²) in [7, 11) is 0. The fourth-order valence-electron chi connectivity index (χ4n) is 5.11. The summed E-state index contributed by atoms with van der Waals surface area (Å²) in [6, 6.07) is 10.4. The number of nitrogens with zero attached hydrogens (tertiary/aromatic N) is 1. The second-order valence-corrected chi connectivity index (χ2v) is 8.72. The molecule has 2 aliphatic carbocycles. The van der Waals surface area contributed by atoms with E-state index in [4.69, 9.17) is 5.26 Å². The first-order chi connectivity index (χ1) is 13.3. The first kappa shape index (κ1) is 20.1. The van der Waals surface area contributed by atoms with E-state index in [0.717, 1.165) is 17.4 Å². The van der Waals surface area contributed by atoms with Gasteiger partial charge in [-0.1, -0.05) is 37.1 Å². The summed E-state index contributed by atoms with van der Waals surface area (Å²) in [5, 5.41) is 8.94. The quantitative estimate of drug-likeness (QED) is 0.463. The van der Waals surface area contributed by atoms with Crippen LogP contribution in [0.5, 0.6) is 0 Å². The maximum absolute atomic E-state index is 12.2. The molecule has 0 aromatic heterocycles. The van der Waals surface area contributed by atoms with Crippen LogP contribution < -0.4 is 0 Å². The van der Waals surface area contributed by atoms with Crippen LogP contribution in [0.3, 0.4) is 0 Å². The molecule has 0 bridgehead atoms. The molecule has 27 heavy (non-hydrogen) atoms. The smallest absolute Gasteiger partial charge is 0.0991 e. The molecule has 2 aliphatic rings. The van der Waals surface area contributed by atoms with E-state index in [9.17, 15) is 4.39 Å². The molecule has 0 saturated heterocycles. The van der Waals surface area contributed by atoms with Gasteiger partial charge in [0, 0.05) is 0 Å². The van der Waals surface area contributed by atoms with Gasteiger partial charge in [0.15, 0.2) is 0 Å². The van der Waals surface area contributed by atoms with E-state index in [1.165, 1.54) is 69.8 Å². The molecule has 0 spiro atoms. The molecule has 0 amide bonds. The minimum Gasteiger partial charge on any atom is -0.251 e. The van der Waals surface area contributed by atoms with E-state index in [2.05, 4.69) is 24.3 Å². The number of hydrogen-bond donors (Lipinski definition) is 0. The number of allylic oxidation sites excluding steroid dienone is 2. The van der Waals surface area contributed by atoms with Gasteiger partial charge in [-0.3, -0.25) is 4.39 Å². The highest BCUT2D eigenvalue weighted by Crippen LogP contribution is 2.39. The summed E-state index contributed by atoms with van der Waals surface area (Å²) in [6.07, 6.45) is 18.4. The molecule has 0 aliphatic heterocycles. The Morgan fingerprint density at radius 1 is 0.889 bits per heavy atom. The van der Waals surface area contributed by atoms with Gasteiger partial charge in [-0.2, -0.15) is 5.26 Å². The summed E-state index contributed by atoms with van der Waals surface area (Å²) >= 11 is 0. The molecule has 2 fully saturated rings. The Kier molecular flexibility index (Phi) is 7.93. The number of nitriles is 1. The number of halogens is 1. The van der Waals surface area contributed by atoms with Crippen molar-refractivity contribution in [2.75, 3.05) is 6.67 Å². The topological polar surface area (TPSA) is 23.8 Å². The summed E-state index contributed by atoms with van der Waals surface area (Å²) in [5.41, 5.74) is 2.19. The fraction of sp³-hybridized carbons (Fsp3) is 0.640. The first-order valence-corrected chi connectivity index (χ1v) is 11.0. The van der Waals surface area contributed by atoms with Crippen LogP contribution in [0.25, 0.3) is 0 Å². The Balaban J connectivity index is 1.33. The van der Waals surface area contributed by atoms with Crippen molar-refractivity contribution in [3.05, 3.63) is 47.5 Å². The van der Waals surface area contributed by atoms with E-state index in [0.29, 0.717) is 18.3 Å². The van der Waals surface area contributed by atoms with Gasteiger partial charge in [0.05, 0.1) is 18.3 Å². The van der Waals surface area contributed by atoms with Gasteiger partial charge >= 0.3 is 0 Å². The number of benzene rings is 1. The van der Waals surface area contributed by atoms with E-state index >= 15 is 0 Å². The van der Waals surface area contributed by atoms with Crippen LogP contribution in [0.2, 0.25) is 0 Å². The summed E-state index contributed by atoms with van der Waals surface area (Å²) in [4.78, 5) is 0. The van der Waals surface area contributed by atoms with Crippen LogP contribution in [0.4, 0.5) is 4.39 Å². The molecule has 3 rings (SSSR count). The van der Waals surface area contributed by atoms with Gasteiger partial charge < -0.3 is 0 Å². The van der Waals surface area contributed by atoms with E-state index in [1.54, 1.807) is 0 Å². The molecule has 1 nitrogen and oxygen atoms in total. The molecule has 0 atom stereocenters. The molecule has 2 saturated carbocycles. The van der Waals surface area contributed by atoms with Crippen molar-refractivity contribution in [2.24, 2.45) is 17.8 Å². The molecule has 2 heteroatoms. The molecule has 0 N–H and O–H groups in total. The van der Waals surface area contributed by atoms with E-state index in [-0.39, 0.29) is 6.67 Å². The Labute approximate surface area is 164 Å². The maximum atomic E-state index is 12.2. The Morgan fingerprint density at radius 3 is 2.04 bits per heavy atom. The minimum absolute atomic E-state index is 0.223. The van der Waals surface area contributed by atoms with Crippen molar-refractivity contribution in [1.82, 2.24) is 0 Å². The maximum Gasteiger partial charge on any atom is 0.0991 e. The van der Waals surface area contributed by atoms with Crippen molar-refractivity contribution in [2.45, 2.75) is 76.5 Å². The fourth-order valence-corrected chi connectivity index (χ4v) is 5.11. The minimum atomic E-state index is -0.223. The zero-order valence-corrected chi connectivity index (χ0v) is 16.6. The van der Waals surface area contributed by atoms with Crippen LogP contribution >= 0.6 is 0 Å². The van der Waals surface area contributed by atoms with E-state index < -0.39 is 0 Å². The number of rotatable bonds is 7. The average Bonchev–Trinajstić information content (AvgIpc) is 2.74. The number of alkyl halides is 1. The average molecular weight is 368 g/mol. The monoisotopic (exact) mass is 367 g/mol. The highest BCUT2D eigenvalue weighted by Gasteiger charge is 2.24. The third-order valence-electron chi connectivity index (χ3n) is 6.92. The molecule has 0 heterocycles. The lowest BCUT2D eigenvalue weighted by Gasteiger charge is -2.31. The van der Waals surface area contributed by atoms with Gasteiger partial charge in [0.1, 0.15) is 0 Å². The Morgan fingerprint density at radius 2 is 1.48 bits per heavy atom. The SMILES string of the molecule is N#Cc1ccc(C2CCC(CCC3CCC(/C=C/CCF)CC3)CC2)cc1. The largest absolute Gasteiger partial charge is 0.251 e. The zero-order valence-electron chi connectivity index (χ0n) is 16.6. The van der Waals surface area contributed by atoms with Crippen molar-refractivity contribution in [3.63, 3.8) is 0 Å². The van der Waals surface area contributed by atoms with Gasteiger partial charge in [0.25, 0.3) is 0 Å². The molecule has 1 aromatic carbocycles. The van der Waals surface area contributed by atoms with Gasteiger partial charge in [0.2, 0.25) is 0 Å². The predicted molar refractivity (Wildman–Crippen MR) is 110 cm³/mol. The second-order valence-electron chi connectivity index (χ2n) is 8.72. The summed E-state index contributed by atoms with van der Waals surface area (Å²) < 4.78 is 12.2. The summed E-state index contributed by atoms with van der Waals surface area (Å²) in [5.74, 6) is 3.24. The molecule has 0 radical (unpaired) electrons. The van der Waals surface area contributed by atoms with Crippen molar-refractivity contribution in [3.8, 4) is 6.07 Å². The molecule has 0 unspecified atom stereocenters. The van der Waals surface area contributed by atoms with Crippen LogP contribution in [-0.2, 0) is 0 Å². The van der Waals surface area contributed by atoms with Crippen molar-refractivity contribution in [1.29, 1.82) is 5.26 Å². The second kappa shape index (κ2) is 10.6. The summed E-state index contributed by atoms with van der Waals surface area (Å²) in [6.45, 7) is -0.223. The van der Waals surface area contributed by atoms with Crippen LogP contribution in [0.1, 0.15) is 87.7 Å². The highest BCUT2D eigenvalue weighted by atomic mass is 19.1. The van der Waals surface area contributed by atoms with Gasteiger partial charge in [-0.25, -0.2) is 0 Å². The highest BCUT2D eigenvalue weighted by molar-refractivity contribution is 5.33. The Bertz CT molecular complexity index is 611. The van der Waals surface area contributed by atoms with E-state index in [1.807, 2.05) is 18.2 Å². The molecular weight excluding hydrogens is 333 g/mol. The normalized spacial score (nSPS) is 28.9. The van der Waals surface area contributed by atoms with Crippen molar-refractivity contribution >= 4 is 0 Å². The van der Waals surface area contributed by atoms with Crippen LogP contribution in [-0.4, -0.2) is 6.67 Å². The molecule has 146 valence electrons. The first-order valence-electron chi connectivity index (χ1n) is 11.0. The third-order valence-corrected chi connectivity index (χ3v) is 6.92. The lowest BCUT2D eigenvalue weighted by molar-refractivity contribution is 0.246. The Hall–Kier alpha value is -1.62. The van der Waals surface area contributed by atoms with Crippen LogP contribution in [0, 0.1) is 29.1 Å². The van der Waals surface area contributed by atoms with Crippen LogP contribution in [0.15, 0.2) is 36.4 Å².